The van der Waals surface area contributed by atoms with Crippen molar-refractivity contribution in [2.24, 2.45) is 0 Å². The maximum absolute atomic E-state index is 5.30. The van der Waals surface area contributed by atoms with E-state index >= 15 is 0 Å². The van der Waals surface area contributed by atoms with Crippen LogP contribution in [0.15, 0.2) is 0 Å². The zero-order valence-corrected chi connectivity index (χ0v) is 12.1. The van der Waals surface area contributed by atoms with Crippen molar-refractivity contribution in [3.8, 4) is 0 Å². The van der Waals surface area contributed by atoms with Crippen molar-refractivity contribution in [1.29, 1.82) is 0 Å². The first-order valence-corrected chi connectivity index (χ1v) is 7.98. The van der Waals surface area contributed by atoms with Crippen molar-refractivity contribution in [1.82, 2.24) is 9.80 Å². The first-order valence-electron chi connectivity index (χ1n) is 6.22. The van der Waals surface area contributed by atoms with E-state index in [1.165, 1.54) is 45.6 Å². The SMILES string of the molecule is CO[SiH](CCCCN1CCN(C)CC1)OC. The number of rotatable bonds is 7. The average Bonchev–Trinajstić information content (AvgIpc) is 2.32. The highest BCUT2D eigenvalue weighted by molar-refractivity contribution is 6.44. The van der Waals surface area contributed by atoms with Crippen molar-refractivity contribution in [3.05, 3.63) is 0 Å². The van der Waals surface area contributed by atoms with Crippen LogP contribution in [0.4, 0.5) is 0 Å². The second kappa shape index (κ2) is 8.19. The minimum absolute atomic E-state index is 1.14. The third-order valence-electron chi connectivity index (χ3n) is 3.29. The van der Waals surface area contributed by atoms with Crippen molar-refractivity contribution in [2.75, 3.05) is 54.0 Å². The Labute approximate surface area is 101 Å². The standard InChI is InChI=1S/C11H26N2O2Si/c1-12-7-9-13(10-8-12)6-4-5-11-16(14-2)15-3/h16H,4-11H2,1-3H3. The Morgan fingerprint density at radius 2 is 1.62 bits per heavy atom. The normalized spacial score (nSPS) is 19.5. The van der Waals surface area contributed by atoms with Gasteiger partial charge in [-0.3, -0.25) is 0 Å². The minimum Gasteiger partial charge on any atom is -0.400 e. The zero-order chi connectivity index (χ0) is 11.8. The number of hydrogen-bond acceptors (Lipinski definition) is 4. The summed E-state index contributed by atoms with van der Waals surface area (Å²) in [6.45, 7) is 6.13. The molecule has 1 fully saturated rings. The van der Waals surface area contributed by atoms with E-state index in [0.29, 0.717) is 0 Å². The first kappa shape index (κ1) is 14.1. The van der Waals surface area contributed by atoms with Gasteiger partial charge in [0.15, 0.2) is 0 Å². The maximum Gasteiger partial charge on any atom is 0.320 e. The number of unbranched alkanes of at least 4 members (excludes halogenated alkanes) is 1. The van der Waals surface area contributed by atoms with Gasteiger partial charge in [-0.05, 0) is 26.1 Å². The number of likely N-dealkylation sites (N-methyl/N-ethyl adjacent to an activating group) is 1. The van der Waals surface area contributed by atoms with E-state index in [1.54, 1.807) is 14.2 Å². The van der Waals surface area contributed by atoms with Gasteiger partial charge in [-0.1, -0.05) is 6.42 Å². The quantitative estimate of drug-likeness (QED) is 0.483. The molecular formula is C11H26N2O2Si. The third kappa shape index (κ3) is 5.40. The smallest absolute Gasteiger partial charge is 0.320 e. The van der Waals surface area contributed by atoms with Gasteiger partial charge in [0.1, 0.15) is 0 Å². The van der Waals surface area contributed by atoms with E-state index < -0.39 is 9.28 Å². The summed E-state index contributed by atoms with van der Waals surface area (Å²) in [6.07, 6.45) is 2.52. The lowest BCUT2D eigenvalue weighted by Gasteiger charge is -2.32. The van der Waals surface area contributed by atoms with Crippen LogP contribution in [0.25, 0.3) is 0 Å². The molecule has 0 N–H and O–H groups in total. The second-order valence-electron chi connectivity index (χ2n) is 4.54. The lowest BCUT2D eigenvalue weighted by Crippen LogP contribution is -2.44. The molecule has 1 rings (SSSR count). The summed E-state index contributed by atoms with van der Waals surface area (Å²) in [5, 5.41) is 0. The van der Waals surface area contributed by atoms with Gasteiger partial charge in [-0.15, -0.1) is 0 Å². The molecule has 0 unspecified atom stereocenters. The molecule has 0 aromatic heterocycles. The summed E-state index contributed by atoms with van der Waals surface area (Å²) < 4.78 is 10.6. The molecule has 16 heavy (non-hydrogen) atoms. The van der Waals surface area contributed by atoms with Crippen LogP contribution in [0.3, 0.4) is 0 Å². The Morgan fingerprint density at radius 3 is 2.19 bits per heavy atom. The Bertz CT molecular complexity index is 171. The molecule has 0 aliphatic carbocycles. The summed E-state index contributed by atoms with van der Waals surface area (Å²) in [5.74, 6) is 0. The largest absolute Gasteiger partial charge is 0.400 e. The fourth-order valence-corrected chi connectivity index (χ4v) is 3.34. The molecule has 0 atom stereocenters. The molecule has 5 heteroatoms. The highest BCUT2D eigenvalue weighted by Crippen LogP contribution is 2.06. The summed E-state index contributed by atoms with van der Waals surface area (Å²) in [6, 6.07) is 1.14. The van der Waals surface area contributed by atoms with Crippen LogP contribution in [0.1, 0.15) is 12.8 Å². The molecule has 0 aromatic rings. The van der Waals surface area contributed by atoms with Crippen LogP contribution in [0.5, 0.6) is 0 Å². The van der Waals surface area contributed by atoms with Gasteiger partial charge in [0.25, 0.3) is 0 Å². The van der Waals surface area contributed by atoms with Crippen LogP contribution in [0, 0.1) is 0 Å². The van der Waals surface area contributed by atoms with Gasteiger partial charge in [0.05, 0.1) is 0 Å². The molecule has 0 radical (unpaired) electrons. The fraction of sp³-hybridized carbons (Fsp3) is 1.00. The molecule has 0 spiro atoms. The Kier molecular flexibility index (Phi) is 7.23. The third-order valence-corrected chi connectivity index (χ3v) is 5.22. The molecule has 0 saturated carbocycles. The molecular weight excluding hydrogens is 220 g/mol. The molecule has 1 aliphatic heterocycles. The van der Waals surface area contributed by atoms with Gasteiger partial charge in [0.2, 0.25) is 0 Å². The van der Waals surface area contributed by atoms with Gasteiger partial charge in [0, 0.05) is 40.4 Å². The number of hydrogen-bond donors (Lipinski definition) is 0. The van der Waals surface area contributed by atoms with Gasteiger partial charge in [-0.25, -0.2) is 0 Å². The predicted molar refractivity (Wildman–Crippen MR) is 69.1 cm³/mol. The number of piperazine rings is 1. The van der Waals surface area contributed by atoms with Crippen LogP contribution >= 0.6 is 0 Å². The topological polar surface area (TPSA) is 24.9 Å². The van der Waals surface area contributed by atoms with E-state index in [-0.39, 0.29) is 0 Å². The second-order valence-corrected chi connectivity index (χ2v) is 6.92. The van der Waals surface area contributed by atoms with Crippen molar-refractivity contribution >= 4 is 9.28 Å². The Morgan fingerprint density at radius 1 is 1.00 bits per heavy atom. The van der Waals surface area contributed by atoms with E-state index in [2.05, 4.69) is 16.8 Å². The maximum atomic E-state index is 5.30. The lowest BCUT2D eigenvalue weighted by atomic mass is 10.2. The summed E-state index contributed by atoms with van der Waals surface area (Å²) >= 11 is 0. The average molecular weight is 246 g/mol. The van der Waals surface area contributed by atoms with E-state index in [4.69, 9.17) is 8.85 Å². The van der Waals surface area contributed by atoms with Crippen molar-refractivity contribution in [2.45, 2.75) is 18.9 Å². The predicted octanol–water partition coefficient (Wildman–Crippen LogP) is 0.527. The van der Waals surface area contributed by atoms with Crippen LogP contribution in [-0.2, 0) is 8.85 Å². The zero-order valence-electron chi connectivity index (χ0n) is 10.9. The first-order chi connectivity index (χ1) is 7.76. The monoisotopic (exact) mass is 246 g/mol. The van der Waals surface area contributed by atoms with Crippen LogP contribution in [0.2, 0.25) is 6.04 Å². The van der Waals surface area contributed by atoms with Gasteiger partial charge < -0.3 is 18.7 Å². The molecule has 1 saturated heterocycles. The van der Waals surface area contributed by atoms with Gasteiger partial charge in [-0.2, -0.15) is 0 Å². The van der Waals surface area contributed by atoms with E-state index in [0.717, 1.165) is 6.04 Å². The van der Waals surface area contributed by atoms with Crippen LogP contribution < -0.4 is 0 Å². The molecule has 1 heterocycles. The summed E-state index contributed by atoms with van der Waals surface area (Å²) in [4.78, 5) is 4.96. The Hall–Kier alpha value is 0.0569. The minimum atomic E-state index is -1.30. The molecule has 1 aliphatic rings. The molecule has 0 bridgehead atoms. The fourth-order valence-electron chi connectivity index (χ4n) is 2.05. The molecule has 4 nitrogen and oxygen atoms in total. The lowest BCUT2D eigenvalue weighted by molar-refractivity contribution is 0.152. The van der Waals surface area contributed by atoms with Crippen molar-refractivity contribution < 1.29 is 8.85 Å². The Balaban J connectivity index is 1.98. The molecule has 0 amide bonds. The number of nitrogens with zero attached hydrogens (tertiary/aromatic N) is 2. The summed E-state index contributed by atoms with van der Waals surface area (Å²) in [5.41, 5.74) is 0. The van der Waals surface area contributed by atoms with Crippen LogP contribution in [-0.4, -0.2) is 73.1 Å². The van der Waals surface area contributed by atoms with E-state index in [1.807, 2.05) is 0 Å². The summed E-state index contributed by atoms with van der Waals surface area (Å²) in [7, 11) is 4.43. The highest BCUT2D eigenvalue weighted by Gasteiger charge is 2.13. The van der Waals surface area contributed by atoms with Gasteiger partial charge >= 0.3 is 9.28 Å². The molecule has 0 aromatic carbocycles. The molecule has 96 valence electrons. The van der Waals surface area contributed by atoms with Crippen molar-refractivity contribution in [3.63, 3.8) is 0 Å². The highest BCUT2D eigenvalue weighted by atomic mass is 28.3. The van der Waals surface area contributed by atoms with E-state index in [9.17, 15) is 0 Å².